The Morgan fingerprint density at radius 1 is 1.00 bits per heavy atom. The molecule has 0 bridgehead atoms. The van der Waals surface area contributed by atoms with Crippen LogP contribution in [0.1, 0.15) is 0 Å². The van der Waals surface area contributed by atoms with Gasteiger partial charge in [-0.1, -0.05) is 0 Å². The zero-order valence-corrected chi connectivity index (χ0v) is 12.6. The van der Waals surface area contributed by atoms with Gasteiger partial charge in [-0.3, -0.25) is 4.98 Å². The lowest BCUT2D eigenvalue weighted by Gasteiger charge is -2.08. The summed E-state index contributed by atoms with van der Waals surface area (Å²) in [7, 11) is 0. The Bertz CT molecular complexity index is 1000. The molecule has 0 aliphatic heterocycles. The average Bonchev–Trinajstić information content (AvgIpc) is 3.10. The number of ether oxygens (including phenoxy) is 1. The van der Waals surface area contributed by atoms with Gasteiger partial charge >= 0.3 is 6.61 Å². The molecule has 25 heavy (non-hydrogen) atoms. The Balaban J connectivity index is 1.80. The fourth-order valence-electron chi connectivity index (χ4n) is 2.38. The normalized spacial score (nSPS) is 11.2. The van der Waals surface area contributed by atoms with E-state index in [2.05, 4.69) is 29.8 Å². The Morgan fingerprint density at radius 2 is 1.84 bits per heavy atom. The number of hydrogen-bond donors (Lipinski definition) is 0. The van der Waals surface area contributed by atoms with Crippen LogP contribution < -0.4 is 4.74 Å². The maximum Gasteiger partial charge on any atom is 0.388 e. The molecule has 0 aromatic carbocycles. The summed E-state index contributed by atoms with van der Waals surface area (Å²) >= 11 is 0. The molecule has 0 atom stereocenters. The summed E-state index contributed by atoms with van der Waals surface area (Å²) in [6.07, 6.45) is 6.18. The number of nitrogens with zero attached hydrogens (tertiary/aromatic N) is 6. The van der Waals surface area contributed by atoms with E-state index in [1.165, 1.54) is 18.6 Å². The zero-order valence-electron chi connectivity index (χ0n) is 12.6. The van der Waals surface area contributed by atoms with Gasteiger partial charge in [0.25, 0.3) is 5.78 Å². The Morgan fingerprint density at radius 3 is 2.56 bits per heavy atom. The number of hydrogen-bond acceptors (Lipinski definition) is 6. The van der Waals surface area contributed by atoms with E-state index in [1.54, 1.807) is 23.0 Å². The molecule has 4 aromatic heterocycles. The highest BCUT2D eigenvalue weighted by molar-refractivity contribution is 5.69. The van der Waals surface area contributed by atoms with E-state index < -0.39 is 6.61 Å². The van der Waals surface area contributed by atoms with Crippen molar-refractivity contribution in [2.45, 2.75) is 6.61 Å². The molecular formula is C16H10F2N6O. The summed E-state index contributed by atoms with van der Waals surface area (Å²) in [5.74, 6) is 0.258. The van der Waals surface area contributed by atoms with Gasteiger partial charge in [-0.05, 0) is 24.3 Å². The molecule has 0 unspecified atom stereocenters. The molecule has 0 fully saturated rings. The number of halogens is 2. The van der Waals surface area contributed by atoms with Gasteiger partial charge in [-0.2, -0.15) is 23.4 Å². The molecule has 4 aromatic rings. The van der Waals surface area contributed by atoms with Gasteiger partial charge < -0.3 is 4.74 Å². The summed E-state index contributed by atoms with van der Waals surface area (Å²) in [5, 5.41) is 4.18. The van der Waals surface area contributed by atoms with Crippen LogP contribution in [0.25, 0.3) is 28.3 Å². The second-order valence-electron chi connectivity index (χ2n) is 5.00. The molecule has 4 heterocycles. The highest BCUT2D eigenvalue weighted by Gasteiger charge is 2.12. The van der Waals surface area contributed by atoms with Crippen molar-refractivity contribution in [2.75, 3.05) is 0 Å². The number of aromatic nitrogens is 6. The van der Waals surface area contributed by atoms with E-state index in [-0.39, 0.29) is 5.88 Å². The van der Waals surface area contributed by atoms with Crippen molar-refractivity contribution in [2.24, 2.45) is 0 Å². The predicted molar refractivity (Wildman–Crippen MR) is 83.9 cm³/mol. The quantitative estimate of drug-likeness (QED) is 0.568. The van der Waals surface area contributed by atoms with E-state index >= 15 is 0 Å². The number of pyridine rings is 2. The fourth-order valence-corrected chi connectivity index (χ4v) is 2.38. The first-order valence-electron chi connectivity index (χ1n) is 7.23. The van der Waals surface area contributed by atoms with Crippen LogP contribution in [-0.4, -0.2) is 36.2 Å². The van der Waals surface area contributed by atoms with Crippen LogP contribution in [0.4, 0.5) is 8.78 Å². The molecule has 0 amide bonds. The molecule has 0 saturated heterocycles. The molecule has 4 rings (SSSR count). The monoisotopic (exact) mass is 340 g/mol. The van der Waals surface area contributed by atoms with Crippen LogP contribution in [0.3, 0.4) is 0 Å². The maximum absolute atomic E-state index is 12.2. The van der Waals surface area contributed by atoms with E-state index in [0.717, 1.165) is 11.3 Å². The van der Waals surface area contributed by atoms with Gasteiger partial charge in [0.2, 0.25) is 5.88 Å². The van der Waals surface area contributed by atoms with Crippen molar-refractivity contribution >= 4 is 5.78 Å². The number of fused-ring (bicyclic) bond motifs is 1. The molecule has 124 valence electrons. The zero-order chi connectivity index (χ0) is 17.2. The number of rotatable bonds is 4. The van der Waals surface area contributed by atoms with Crippen LogP contribution in [0, 0.1) is 0 Å². The van der Waals surface area contributed by atoms with Crippen molar-refractivity contribution in [3.63, 3.8) is 0 Å². The lowest BCUT2D eigenvalue weighted by molar-refractivity contribution is -0.0528. The summed E-state index contributed by atoms with van der Waals surface area (Å²) in [5.41, 5.74) is 2.89. The Labute approximate surface area is 140 Å². The standard InChI is InChI=1S/C16H10F2N6O/c17-15(18)25-14-2-1-11(8-20-14)12-7-13(10-3-5-19-6-4-10)24-16(23-12)21-9-22-24/h1-9,15H. The first-order valence-corrected chi connectivity index (χ1v) is 7.23. The van der Waals surface area contributed by atoms with Gasteiger partial charge in [0.1, 0.15) is 6.33 Å². The largest absolute Gasteiger partial charge is 0.417 e. The fraction of sp³-hybridized carbons (Fsp3) is 0.0625. The van der Waals surface area contributed by atoms with Crippen molar-refractivity contribution in [1.29, 1.82) is 0 Å². The lowest BCUT2D eigenvalue weighted by Crippen LogP contribution is -2.03. The maximum atomic E-state index is 12.2. The van der Waals surface area contributed by atoms with Crippen molar-refractivity contribution < 1.29 is 13.5 Å². The summed E-state index contributed by atoms with van der Waals surface area (Å²) in [4.78, 5) is 16.4. The molecule has 0 radical (unpaired) electrons. The minimum absolute atomic E-state index is 0.156. The molecule has 0 N–H and O–H groups in total. The Kier molecular flexibility index (Phi) is 3.73. The van der Waals surface area contributed by atoms with E-state index in [9.17, 15) is 8.78 Å². The molecule has 9 heteroatoms. The first-order chi connectivity index (χ1) is 12.2. The average molecular weight is 340 g/mol. The van der Waals surface area contributed by atoms with Gasteiger partial charge in [0.05, 0.1) is 11.4 Å². The summed E-state index contributed by atoms with van der Waals surface area (Å²) in [6, 6.07) is 8.48. The van der Waals surface area contributed by atoms with Gasteiger partial charge in [0.15, 0.2) is 0 Å². The summed E-state index contributed by atoms with van der Waals surface area (Å²) < 4.78 is 30.3. The second kappa shape index (κ2) is 6.19. The van der Waals surface area contributed by atoms with Crippen molar-refractivity contribution in [1.82, 2.24) is 29.5 Å². The van der Waals surface area contributed by atoms with E-state index in [0.29, 0.717) is 17.0 Å². The minimum Gasteiger partial charge on any atom is -0.417 e. The van der Waals surface area contributed by atoms with Gasteiger partial charge in [-0.15, -0.1) is 0 Å². The number of alkyl halides is 2. The molecule has 0 aliphatic carbocycles. The molecule has 7 nitrogen and oxygen atoms in total. The third-order valence-corrected chi connectivity index (χ3v) is 3.47. The smallest absolute Gasteiger partial charge is 0.388 e. The highest BCUT2D eigenvalue weighted by Crippen LogP contribution is 2.25. The van der Waals surface area contributed by atoms with Crippen LogP contribution in [-0.2, 0) is 0 Å². The second-order valence-corrected chi connectivity index (χ2v) is 5.00. The molecule has 0 saturated carbocycles. The Hall–Kier alpha value is -3.49. The van der Waals surface area contributed by atoms with Crippen LogP contribution >= 0.6 is 0 Å². The SMILES string of the molecule is FC(F)Oc1ccc(-c2cc(-c3ccncc3)n3ncnc3n2)cn1. The van der Waals surface area contributed by atoms with Gasteiger partial charge in [-0.25, -0.2) is 9.97 Å². The van der Waals surface area contributed by atoms with Crippen LogP contribution in [0.2, 0.25) is 0 Å². The van der Waals surface area contributed by atoms with Crippen molar-refractivity contribution in [3.8, 4) is 28.4 Å². The van der Waals surface area contributed by atoms with Crippen LogP contribution in [0.5, 0.6) is 5.88 Å². The molecule has 0 aliphatic rings. The van der Waals surface area contributed by atoms with E-state index in [1.807, 2.05) is 18.2 Å². The lowest BCUT2D eigenvalue weighted by atomic mass is 10.1. The highest BCUT2D eigenvalue weighted by atomic mass is 19.3. The summed E-state index contributed by atoms with van der Waals surface area (Å²) in [6.45, 7) is -2.91. The first kappa shape index (κ1) is 15.1. The third-order valence-electron chi connectivity index (χ3n) is 3.47. The van der Waals surface area contributed by atoms with Crippen molar-refractivity contribution in [3.05, 3.63) is 55.2 Å². The minimum atomic E-state index is -2.91. The van der Waals surface area contributed by atoms with E-state index in [4.69, 9.17) is 0 Å². The molecule has 0 spiro atoms. The molecular weight excluding hydrogens is 330 g/mol. The van der Waals surface area contributed by atoms with Gasteiger partial charge in [0, 0.05) is 35.8 Å². The predicted octanol–water partition coefficient (Wildman–Crippen LogP) is 2.85. The van der Waals surface area contributed by atoms with Crippen LogP contribution in [0.15, 0.2) is 55.2 Å². The third kappa shape index (κ3) is 2.99. The topological polar surface area (TPSA) is 78.1 Å².